The molecule has 33 heavy (non-hydrogen) atoms. The van der Waals surface area contributed by atoms with E-state index in [0.29, 0.717) is 30.1 Å². The summed E-state index contributed by atoms with van der Waals surface area (Å²) in [4.78, 5) is 51.8. The molecule has 1 saturated heterocycles. The number of hydrogen-bond donors (Lipinski definition) is 1. The van der Waals surface area contributed by atoms with E-state index >= 15 is 0 Å². The fraction of sp³-hybridized carbons (Fsp3) is 0.360. The molecule has 172 valence electrons. The van der Waals surface area contributed by atoms with Gasteiger partial charge < -0.3 is 10.1 Å². The first kappa shape index (κ1) is 23.2. The molecule has 1 aliphatic heterocycles. The molecule has 0 radical (unpaired) electrons. The standard InChI is InChI=1S/C25H25BrN2O5/c1-14-6-8-19-20(10-14)24(31)28(23(19)30)18-5-3-4-16(12-18)25(32)33-13-22(29)27-17-7-9-21(26)15(2)11-17/h3-5,7,9,11-12,14,19-20H,6,8,10,13H2,1-2H3,(H,27,29)/t14-,19+,20-/m0/s1. The summed E-state index contributed by atoms with van der Waals surface area (Å²) in [6.07, 6.45) is 2.35. The van der Waals surface area contributed by atoms with Gasteiger partial charge in [-0.1, -0.05) is 28.9 Å². The number of imide groups is 1. The zero-order chi connectivity index (χ0) is 23.7. The number of amides is 3. The molecule has 1 aliphatic carbocycles. The van der Waals surface area contributed by atoms with E-state index < -0.39 is 18.5 Å². The minimum Gasteiger partial charge on any atom is -0.452 e. The Hall–Kier alpha value is -3.00. The molecular formula is C25H25BrN2O5. The monoisotopic (exact) mass is 512 g/mol. The Labute approximate surface area is 200 Å². The van der Waals surface area contributed by atoms with E-state index in [2.05, 4.69) is 28.2 Å². The second-order valence-electron chi connectivity index (χ2n) is 8.78. The van der Waals surface area contributed by atoms with Crippen LogP contribution in [-0.2, 0) is 19.1 Å². The van der Waals surface area contributed by atoms with Crippen molar-refractivity contribution in [1.29, 1.82) is 0 Å². The molecule has 1 N–H and O–H groups in total. The first-order valence-electron chi connectivity index (χ1n) is 11.0. The number of fused-ring (bicyclic) bond motifs is 1. The van der Waals surface area contributed by atoms with Gasteiger partial charge in [0, 0.05) is 10.2 Å². The zero-order valence-electron chi connectivity index (χ0n) is 18.5. The lowest BCUT2D eigenvalue weighted by molar-refractivity contribution is -0.122. The lowest BCUT2D eigenvalue weighted by atomic mass is 9.76. The maximum absolute atomic E-state index is 12.9. The number of carbonyl (C=O) groups is 4. The van der Waals surface area contributed by atoms with Crippen molar-refractivity contribution >= 4 is 51.0 Å². The summed E-state index contributed by atoms with van der Waals surface area (Å²) in [6.45, 7) is 3.54. The summed E-state index contributed by atoms with van der Waals surface area (Å²) in [5, 5.41) is 2.68. The van der Waals surface area contributed by atoms with Gasteiger partial charge in [-0.25, -0.2) is 4.79 Å². The average Bonchev–Trinajstić information content (AvgIpc) is 3.04. The van der Waals surface area contributed by atoms with Gasteiger partial charge in [-0.05, 0) is 74.1 Å². The van der Waals surface area contributed by atoms with Crippen LogP contribution >= 0.6 is 15.9 Å². The highest BCUT2D eigenvalue weighted by molar-refractivity contribution is 9.10. The number of ether oxygens (including phenoxy) is 1. The molecule has 2 aromatic rings. The minimum absolute atomic E-state index is 0.170. The van der Waals surface area contributed by atoms with E-state index in [1.54, 1.807) is 24.3 Å². The fourth-order valence-corrected chi connectivity index (χ4v) is 4.80. The molecule has 4 rings (SSSR count). The lowest BCUT2D eigenvalue weighted by Gasteiger charge is -2.25. The van der Waals surface area contributed by atoms with Gasteiger partial charge in [0.2, 0.25) is 11.8 Å². The van der Waals surface area contributed by atoms with Gasteiger partial charge in [0.05, 0.1) is 23.1 Å². The van der Waals surface area contributed by atoms with Crippen LogP contribution in [0.4, 0.5) is 11.4 Å². The van der Waals surface area contributed by atoms with Gasteiger partial charge in [-0.3, -0.25) is 19.3 Å². The molecule has 0 bridgehead atoms. The highest BCUT2D eigenvalue weighted by Crippen LogP contribution is 2.42. The van der Waals surface area contributed by atoms with Crippen LogP contribution in [0.3, 0.4) is 0 Å². The molecule has 3 amide bonds. The van der Waals surface area contributed by atoms with Gasteiger partial charge in [0.1, 0.15) is 0 Å². The number of carbonyl (C=O) groups excluding carboxylic acids is 4. The number of esters is 1. The molecule has 3 atom stereocenters. The molecule has 1 heterocycles. The number of anilines is 2. The van der Waals surface area contributed by atoms with E-state index in [-0.39, 0.29) is 29.2 Å². The minimum atomic E-state index is -0.705. The van der Waals surface area contributed by atoms with Crippen molar-refractivity contribution in [1.82, 2.24) is 0 Å². The maximum Gasteiger partial charge on any atom is 0.338 e. The largest absolute Gasteiger partial charge is 0.452 e. The third-order valence-electron chi connectivity index (χ3n) is 6.30. The van der Waals surface area contributed by atoms with Crippen LogP contribution in [0.25, 0.3) is 0 Å². The van der Waals surface area contributed by atoms with Crippen molar-refractivity contribution in [2.45, 2.75) is 33.1 Å². The quantitative estimate of drug-likeness (QED) is 0.470. The number of rotatable bonds is 5. The van der Waals surface area contributed by atoms with Crippen molar-refractivity contribution in [3.8, 4) is 0 Å². The third-order valence-corrected chi connectivity index (χ3v) is 7.19. The predicted molar refractivity (Wildman–Crippen MR) is 127 cm³/mol. The lowest BCUT2D eigenvalue weighted by Crippen LogP contribution is -2.31. The summed E-state index contributed by atoms with van der Waals surface area (Å²) in [6, 6.07) is 11.6. The second kappa shape index (κ2) is 9.47. The van der Waals surface area contributed by atoms with E-state index in [1.807, 2.05) is 13.0 Å². The van der Waals surface area contributed by atoms with Crippen LogP contribution < -0.4 is 10.2 Å². The number of hydrogen-bond acceptors (Lipinski definition) is 5. The molecule has 2 fully saturated rings. The van der Waals surface area contributed by atoms with Gasteiger partial charge in [-0.2, -0.15) is 0 Å². The number of aryl methyl sites for hydroxylation is 1. The molecule has 2 aromatic carbocycles. The molecule has 0 spiro atoms. The summed E-state index contributed by atoms with van der Waals surface area (Å²) < 4.78 is 6.07. The fourth-order valence-electron chi connectivity index (χ4n) is 4.55. The number of nitrogens with zero attached hydrogens (tertiary/aromatic N) is 1. The summed E-state index contributed by atoms with van der Waals surface area (Å²) in [7, 11) is 0. The summed E-state index contributed by atoms with van der Waals surface area (Å²) >= 11 is 3.40. The molecule has 2 aliphatic rings. The Morgan fingerprint density at radius 1 is 1.09 bits per heavy atom. The van der Waals surface area contributed by atoms with Crippen LogP contribution in [0.2, 0.25) is 0 Å². The number of benzene rings is 2. The van der Waals surface area contributed by atoms with E-state index in [1.165, 1.54) is 17.0 Å². The van der Waals surface area contributed by atoms with E-state index in [0.717, 1.165) is 16.5 Å². The topological polar surface area (TPSA) is 92.8 Å². The van der Waals surface area contributed by atoms with Gasteiger partial charge >= 0.3 is 5.97 Å². The number of nitrogens with one attached hydrogen (secondary N) is 1. The highest BCUT2D eigenvalue weighted by atomic mass is 79.9. The van der Waals surface area contributed by atoms with Crippen molar-refractivity contribution in [3.63, 3.8) is 0 Å². The Morgan fingerprint density at radius 3 is 2.61 bits per heavy atom. The Morgan fingerprint density at radius 2 is 1.85 bits per heavy atom. The predicted octanol–water partition coefficient (Wildman–Crippen LogP) is 4.48. The van der Waals surface area contributed by atoms with Crippen LogP contribution in [0.1, 0.15) is 42.1 Å². The Balaban J connectivity index is 1.40. The van der Waals surface area contributed by atoms with Crippen LogP contribution in [0.5, 0.6) is 0 Å². The van der Waals surface area contributed by atoms with Gasteiger partial charge in [0.15, 0.2) is 6.61 Å². The van der Waals surface area contributed by atoms with Crippen LogP contribution in [-0.4, -0.2) is 30.3 Å². The number of halogens is 1. The normalized spacial score (nSPS) is 22.2. The van der Waals surface area contributed by atoms with Gasteiger partial charge in [-0.15, -0.1) is 0 Å². The molecule has 0 aromatic heterocycles. The SMILES string of the molecule is Cc1cc(NC(=O)COC(=O)c2cccc(N3C(=O)[C@H]4C[C@@H](C)CC[C@H]4C3=O)c2)ccc1Br. The van der Waals surface area contributed by atoms with E-state index in [4.69, 9.17) is 4.74 Å². The maximum atomic E-state index is 12.9. The first-order valence-corrected chi connectivity index (χ1v) is 11.7. The Kier molecular flexibility index (Phi) is 6.65. The first-order chi connectivity index (χ1) is 15.7. The van der Waals surface area contributed by atoms with E-state index in [9.17, 15) is 19.2 Å². The zero-order valence-corrected chi connectivity index (χ0v) is 20.1. The Bertz CT molecular complexity index is 1130. The summed E-state index contributed by atoms with van der Waals surface area (Å²) in [5.41, 5.74) is 2.09. The molecule has 1 saturated carbocycles. The molecular weight excluding hydrogens is 488 g/mol. The second-order valence-corrected chi connectivity index (χ2v) is 9.64. The van der Waals surface area contributed by atoms with Gasteiger partial charge in [0.25, 0.3) is 5.91 Å². The highest BCUT2D eigenvalue weighted by Gasteiger charge is 2.50. The molecule has 0 unspecified atom stereocenters. The summed E-state index contributed by atoms with van der Waals surface area (Å²) in [5.74, 6) is -1.74. The third kappa shape index (κ3) is 4.85. The molecule has 7 nitrogen and oxygen atoms in total. The molecule has 8 heteroatoms. The smallest absolute Gasteiger partial charge is 0.338 e. The van der Waals surface area contributed by atoms with Crippen LogP contribution in [0.15, 0.2) is 46.9 Å². The van der Waals surface area contributed by atoms with Crippen molar-refractivity contribution in [2.75, 3.05) is 16.8 Å². The van der Waals surface area contributed by atoms with Crippen LogP contribution in [0, 0.1) is 24.7 Å². The average molecular weight is 513 g/mol. The van der Waals surface area contributed by atoms with Crippen molar-refractivity contribution in [2.24, 2.45) is 17.8 Å². The van der Waals surface area contributed by atoms with Crippen molar-refractivity contribution < 1.29 is 23.9 Å². The van der Waals surface area contributed by atoms with Crippen molar-refractivity contribution in [3.05, 3.63) is 58.1 Å².